The molecule has 2 aromatic carbocycles. The van der Waals surface area contributed by atoms with Gasteiger partial charge in [-0.1, -0.05) is 49.3 Å². The first kappa shape index (κ1) is 21.3. The van der Waals surface area contributed by atoms with Gasteiger partial charge in [0, 0.05) is 11.6 Å². The van der Waals surface area contributed by atoms with Crippen LogP contribution < -0.4 is 10.9 Å². The smallest absolute Gasteiger partial charge is 0.262 e. The molecule has 0 aliphatic carbocycles. The van der Waals surface area contributed by atoms with Crippen molar-refractivity contribution in [2.45, 2.75) is 37.7 Å². The van der Waals surface area contributed by atoms with Gasteiger partial charge in [0.2, 0.25) is 5.91 Å². The Morgan fingerprint density at radius 1 is 1.24 bits per heavy atom. The van der Waals surface area contributed by atoms with Crippen LogP contribution in [-0.4, -0.2) is 20.7 Å². The van der Waals surface area contributed by atoms with E-state index in [0.29, 0.717) is 27.6 Å². The highest BCUT2D eigenvalue weighted by Gasteiger charge is 2.21. The number of para-hydroxylation sites is 1. The van der Waals surface area contributed by atoms with E-state index in [1.54, 1.807) is 41.8 Å². The zero-order valence-electron chi connectivity index (χ0n) is 16.3. The van der Waals surface area contributed by atoms with E-state index in [4.69, 9.17) is 11.6 Å². The Labute approximate surface area is 177 Å². The van der Waals surface area contributed by atoms with E-state index in [1.807, 2.05) is 13.8 Å². The summed E-state index contributed by atoms with van der Waals surface area (Å²) < 4.78 is 15.4. The maximum atomic E-state index is 13.8. The summed E-state index contributed by atoms with van der Waals surface area (Å²) in [4.78, 5) is 30.2. The van der Waals surface area contributed by atoms with Gasteiger partial charge in [-0.2, -0.15) is 0 Å². The lowest BCUT2D eigenvalue weighted by Gasteiger charge is -2.17. The van der Waals surface area contributed by atoms with Crippen molar-refractivity contribution in [3.05, 3.63) is 63.7 Å². The Kier molecular flexibility index (Phi) is 6.59. The van der Waals surface area contributed by atoms with E-state index < -0.39 is 11.1 Å². The first-order chi connectivity index (χ1) is 13.8. The van der Waals surface area contributed by atoms with E-state index >= 15 is 0 Å². The molecular weight excluding hydrogens is 413 g/mol. The van der Waals surface area contributed by atoms with Gasteiger partial charge in [-0.15, -0.1) is 0 Å². The molecule has 1 amide bonds. The number of thioether (sulfide) groups is 1. The normalized spacial score (nSPS) is 12.3. The molecule has 5 nitrogen and oxygen atoms in total. The van der Waals surface area contributed by atoms with Gasteiger partial charge in [0.25, 0.3) is 5.56 Å². The molecule has 8 heteroatoms. The molecule has 1 aromatic heterocycles. The predicted octanol–water partition coefficient (Wildman–Crippen LogP) is 4.96. The third-order valence-electron chi connectivity index (χ3n) is 4.21. The van der Waals surface area contributed by atoms with Crippen LogP contribution in [0.3, 0.4) is 0 Å². The minimum absolute atomic E-state index is 0.116. The third kappa shape index (κ3) is 4.97. The monoisotopic (exact) mass is 433 g/mol. The lowest BCUT2D eigenvalue weighted by atomic mass is 10.2. The number of nitrogens with one attached hydrogen (secondary N) is 1. The van der Waals surface area contributed by atoms with Gasteiger partial charge in [-0.05, 0) is 43.2 Å². The van der Waals surface area contributed by atoms with Gasteiger partial charge in [0.1, 0.15) is 5.82 Å². The standard InChI is InChI=1S/C21H21ClFN3O2S/c1-12(2)11-26-20(28)15-10-14(22)8-9-17(15)25-21(26)29-13(3)19(27)24-18-7-5-4-6-16(18)23/h4-10,12-13H,11H2,1-3H3,(H,24,27)/t13-/m0/s1. The largest absolute Gasteiger partial charge is 0.323 e. The number of carbonyl (C=O) groups excluding carboxylic acids is 1. The SMILES string of the molecule is CC(C)Cn1c(S[C@@H](C)C(=O)Nc2ccccc2F)nc2ccc(Cl)cc2c1=O. The molecule has 1 N–H and O–H groups in total. The lowest BCUT2D eigenvalue weighted by Crippen LogP contribution is -2.28. The van der Waals surface area contributed by atoms with E-state index in [2.05, 4.69) is 10.3 Å². The van der Waals surface area contributed by atoms with Crippen LogP contribution in [0.1, 0.15) is 20.8 Å². The van der Waals surface area contributed by atoms with Crippen LogP contribution in [0, 0.1) is 11.7 Å². The number of aromatic nitrogens is 2. The predicted molar refractivity (Wildman–Crippen MR) is 116 cm³/mol. The van der Waals surface area contributed by atoms with Crippen molar-refractivity contribution in [2.75, 3.05) is 5.32 Å². The third-order valence-corrected chi connectivity index (χ3v) is 5.54. The molecule has 0 bridgehead atoms. The molecular formula is C21H21ClFN3O2S. The molecule has 0 fully saturated rings. The fraction of sp³-hybridized carbons (Fsp3) is 0.286. The van der Waals surface area contributed by atoms with Crippen molar-refractivity contribution < 1.29 is 9.18 Å². The minimum atomic E-state index is -0.593. The van der Waals surface area contributed by atoms with Gasteiger partial charge in [0.05, 0.1) is 21.8 Å². The zero-order chi connectivity index (χ0) is 21.1. The van der Waals surface area contributed by atoms with Gasteiger partial charge >= 0.3 is 0 Å². The fourth-order valence-electron chi connectivity index (χ4n) is 2.80. The number of carbonyl (C=O) groups is 1. The highest BCUT2D eigenvalue weighted by Crippen LogP contribution is 2.25. The number of halogens is 2. The molecule has 0 aliphatic rings. The highest BCUT2D eigenvalue weighted by molar-refractivity contribution is 8.00. The summed E-state index contributed by atoms with van der Waals surface area (Å²) in [5.74, 6) is -0.676. The fourth-order valence-corrected chi connectivity index (χ4v) is 3.89. The molecule has 3 aromatic rings. The molecule has 0 saturated heterocycles. The van der Waals surface area contributed by atoms with Crippen molar-refractivity contribution in [3.8, 4) is 0 Å². The second kappa shape index (κ2) is 8.97. The topological polar surface area (TPSA) is 64.0 Å². The van der Waals surface area contributed by atoms with Crippen LogP contribution in [-0.2, 0) is 11.3 Å². The second-order valence-electron chi connectivity index (χ2n) is 7.09. The number of rotatable bonds is 6. The average molecular weight is 434 g/mol. The lowest BCUT2D eigenvalue weighted by molar-refractivity contribution is -0.115. The van der Waals surface area contributed by atoms with Gasteiger partial charge in [-0.3, -0.25) is 14.2 Å². The van der Waals surface area contributed by atoms with Crippen LogP contribution in [0.25, 0.3) is 10.9 Å². The summed E-state index contributed by atoms with van der Waals surface area (Å²) in [5, 5.41) is 3.33. The van der Waals surface area contributed by atoms with Crippen LogP contribution in [0.5, 0.6) is 0 Å². The van der Waals surface area contributed by atoms with Crippen molar-refractivity contribution in [2.24, 2.45) is 5.92 Å². The van der Waals surface area contributed by atoms with Crippen molar-refractivity contribution in [3.63, 3.8) is 0 Å². The number of nitrogens with zero attached hydrogens (tertiary/aromatic N) is 2. The van der Waals surface area contributed by atoms with Crippen LogP contribution in [0.15, 0.2) is 52.4 Å². The number of fused-ring (bicyclic) bond motifs is 1. The molecule has 0 saturated carbocycles. The highest BCUT2D eigenvalue weighted by atomic mass is 35.5. The zero-order valence-corrected chi connectivity index (χ0v) is 17.9. The Hall–Kier alpha value is -2.38. The van der Waals surface area contributed by atoms with Crippen LogP contribution >= 0.6 is 23.4 Å². The Bertz CT molecular complexity index is 1120. The second-order valence-corrected chi connectivity index (χ2v) is 8.84. The molecule has 152 valence electrons. The van der Waals surface area contributed by atoms with E-state index in [0.717, 1.165) is 11.8 Å². The van der Waals surface area contributed by atoms with E-state index in [1.165, 1.54) is 12.1 Å². The van der Waals surface area contributed by atoms with Gasteiger partial charge in [-0.25, -0.2) is 9.37 Å². The van der Waals surface area contributed by atoms with Gasteiger partial charge in [0.15, 0.2) is 5.16 Å². The maximum absolute atomic E-state index is 13.8. The summed E-state index contributed by atoms with van der Waals surface area (Å²) in [6.07, 6.45) is 0. The molecule has 1 atom stereocenters. The Balaban J connectivity index is 1.93. The summed E-state index contributed by atoms with van der Waals surface area (Å²) in [6, 6.07) is 10.9. The molecule has 3 rings (SSSR count). The molecule has 0 aliphatic heterocycles. The van der Waals surface area contributed by atoms with Gasteiger partial charge < -0.3 is 5.32 Å². The van der Waals surface area contributed by atoms with Crippen LogP contribution in [0.2, 0.25) is 5.02 Å². The summed E-state index contributed by atoms with van der Waals surface area (Å²) in [5.41, 5.74) is 0.435. The molecule has 1 heterocycles. The van der Waals surface area contributed by atoms with Crippen molar-refractivity contribution in [1.82, 2.24) is 9.55 Å². The molecule has 0 radical (unpaired) electrons. The maximum Gasteiger partial charge on any atom is 0.262 e. The number of anilines is 1. The molecule has 0 spiro atoms. The summed E-state index contributed by atoms with van der Waals surface area (Å²) in [7, 11) is 0. The summed E-state index contributed by atoms with van der Waals surface area (Å²) in [6.45, 7) is 6.14. The van der Waals surface area contributed by atoms with E-state index in [-0.39, 0.29) is 23.1 Å². The Morgan fingerprint density at radius 2 is 1.97 bits per heavy atom. The van der Waals surface area contributed by atoms with Crippen LogP contribution in [0.4, 0.5) is 10.1 Å². The van der Waals surface area contributed by atoms with Crippen molar-refractivity contribution in [1.29, 1.82) is 0 Å². The number of amides is 1. The average Bonchev–Trinajstić information content (AvgIpc) is 2.67. The minimum Gasteiger partial charge on any atom is -0.323 e. The quantitative estimate of drug-likeness (QED) is 0.440. The number of benzene rings is 2. The molecule has 0 unspecified atom stereocenters. The first-order valence-corrected chi connectivity index (χ1v) is 10.4. The molecule has 29 heavy (non-hydrogen) atoms. The van der Waals surface area contributed by atoms with Crippen molar-refractivity contribution >= 4 is 45.9 Å². The van der Waals surface area contributed by atoms with E-state index in [9.17, 15) is 14.0 Å². The Morgan fingerprint density at radius 3 is 2.66 bits per heavy atom. The summed E-state index contributed by atoms with van der Waals surface area (Å²) >= 11 is 7.20. The first-order valence-electron chi connectivity index (χ1n) is 9.18. The number of hydrogen-bond donors (Lipinski definition) is 1. The number of hydrogen-bond acceptors (Lipinski definition) is 4.